The van der Waals surface area contributed by atoms with Crippen LogP contribution in [0.3, 0.4) is 0 Å². The molecule has 0 aliphatic heterocycles. The summed E-state index contributed by atoms with van der Waals surface area (Å²) in [6.07, 6.45) is -0.682. The van der Waals surface area contributed by atoms with Crippen LogP contribution < -0.4 is 10.6 Å². The fourth-order valence-corrected chi connectivity index (χ4v) is 2.89. The summed E-state index contributed by atoms with van der Waals surface area (Å²) in [7, 11) is 0. The molecule has 0 aliphatic carbocycles. The predicted molar refractivity (Wildman–Crippen MR) is 83.1 cm³/mol. The first-order chi connectivity index (χ1) is 9.35. The van der Waals surface area contributed by atoms with Crippen molar-refractivity contribution in [2.24, 2.45) is 0 Å². The Labute approximate surface area is 122 Å². The van der Waals surface area contributed by atoms with Gasteiger partial charge in [-0.15, -0.1) is 11.3 Å². The molecular weight excluding hydrogens is 272 g/mol. The summed E-state index contributed by atoms with van der Waals surface area (Å²) in [5.74, 6) is 0. The molecule has 1 aromatic carbocycles. The van der Waals surface area contributed by atoms with E-state index in [2.05, 4.69) is 10.6 Å². The Kier molecular flexibility index (Phi) is 4.30. The molecule has 108 valence electrons. The van der Waals surface area contributed by atoms with Crippen LogP contribution in [0.1, 0.15) is 31.8 Å². The molecule has 5 heteroatoms. The van der Waals surface area contributed by atoms with E-state index in [9.17, 15) is 9.90 Å². The molecule has 0 saturated heterocycles. The van der Waals surface area contributed by atoms with E-state index in [1.165, 1.54) is 0 Å². The van der Waals surface area contributed by atoms with Crippen molar-refractivity contribution in [3.8, 4) is 0 Å². The van der Waals surface area contributed by atoms with Crippen molar-refractivity contribution in [2.75, 3.05) is 6.54 Å². The van der Waals surface area contributed by atoms with Gasteiger partial charge in [0.15, 0.2) is 0 Å². The number of carbonyl (C=O) groups is 1. The highest BCUT2D eigenvalue weighted by atomic mass is 32.1. The third-order valence-electron chi connectivity index (χ3n) is 2.72. The Morgan fingerprint density at radius 2 is 2.05 bits per heavy atom. The molecule has 2 amide bonds. The summed E-state index contributed by atoms with van der Waals surface area (Å²) in [5, 5.41) is 16.7. The molecule has 3 N–H and O–H groups in total. The second kappa shape index (κ2) is 5.81. The van der Waals surface area contributed by atoms with Gasteiger partial charge in [0.05, 0.1) is 6.54 Å². The molecule has 0 spiro atoms. The topological polar surface area (TPSA) is 61.4 Å². The van der Waals surface area contributed by atoms with Gasteiger partial charge in [0.25, 0.3) is 0 Å². The number of thiophene rings is 1. The van der Waals surface area contributed by atoms with Crippen molar-refractivity contribution in [3.63, 3.8) is 0 Å². The normalized spacial score (nSPS) is 13.2. The minimum Gasteiger partial charge on any atom is -0.386 e. The van der Waals surface area contributed by atoms with Crippen molar-refractivity contribution >= 4 is 27.5 Å². The highest BCUT2D eigenvalue weighted by Gasteiger charge is 2.16. The summed E-state index contributed by atoms with van der Waals surface area (Å²) in [6, 6.07) is 9.69. The van der Waals surface area contributed by atoms with E-state index >= 15 is 0 Å². The van der Waals surface area contributed by atoms with E-state index in [0.717, 1.165) is 15.0 Å². The van der Waals surface area contributed by atoms with Crippen LogP contribution in [0.2, 0.25) is 0 Å². The third kappa shape index (κ3) is 3.95. The number of hydrogen-bond acceptors (Lipinski definition) is 3. The van der Waals surface area contributed by atoms with Gasteiger partial charge in [-0.05, 0) is 38.3 Å². The second-order valence-corrected chi connectivity index (χ2v) is 6.90. The Morgan fingerprint density at radius 1 is 1.35 bits per heavy atom. The number of fused-ring (bicyclic) bond motifs is 1. The van der Waals surface area contributed by atoms with Crippen molar-refractivity contribution < 1.29 is 9.90 Å². The number of urea groups is 1. The summed E-state index contributed by atoms with van der Waals surface area (Å²) < 4.78 is 1.14. The largest absolute Gasteiger partial charge is 0.386 e. The number of amides is 2. The summed E-state index contributed by atoms with van der Waals surface area (Å²) in [5.41, 5.74) is -0.285. The number of aliphatic hydroxyl groups excluding tert-OH is 1. The van der Waals surface area contributed by atoms with Crippen LogP contribution in [-0.4, -0.2) is 23.2 Å². The lowest BCUT2D eigenvalue weighted by atomic mass is 10.1. The molecule has 0 fully saturated rings. The third-order valence-corrected chi connectivity index (χ3v) is 3.93. The fraction of sp³-hybridized carbons (Fsp3) is 0.400. The fourth-order valence-electron chi connectivity index (χ4n) is 1.84. The quantitative estimate of drug-likeness (QED) is 0.814. The second-order valence-electron chi connectivity index (χ2n) is 5.79. The van der Waals surface area contributed by atoms with Gasteiger partial charge in [0.2, 0.25) is 0 Å². The van der Waals surface area contributed by atoms with Gasteiger partial charge in [-0.25, -0.2) is 4.79 Å². The maximum absolute atomic E-state index is 11.6. The van der Waals surface area contributed by atoms with E-state index in [-0.39, 0.29) is 18.1 Å². The molecule has 0 bridgehead atoms. The number of rotatable bonds is 3. The Hall–Kier alpha value is -1.59. The van der Waals surface area contributed by atoms with Crippen LogP contribution >= 0.6 is 11.3 Å². The molecule has 1 aromatic heterocycles. The van der Waals surface area contributed by atoms with E-state index < -0.39 is 6.10 Å². The zero-order chi connectivity index (χ0) is 14.8. The number of carbonyl (C=O) groups excluding carboxylic acids is 1. The molecule has 2 aromatic rings. The number of benzene rings is 1. The van der Waals surface area contributed by atoms with Gasteiger partial charge in [-0.3, -0.25) is 0 Å². The van der Waals surface area contributed by atoms with E-state index in [0.29, 0.717) is 0 Å². The minimum atomic E-state index is -0.682. The predicted octanol–water partition coefficient (Wildman–Crippen LogP) is 3.03. The number of aliphatic hydroxyl groups is 1. The zero-order valence-electron chi connectivity index (χ0n) is 11.9. The van der Waals surface area contributed by atoms with Gasteiger partial charge < -0.3 is 15.7 Å². The van der Waals surface area contributed by atoms with Gasteiger partial charge >= 0.3 is 6.03 Å². The minimum absolute atomic E-state index is 0.203. The molecule has 1 atom stereocenters. The smallest absolute Gasteiger partial charge is 0.315 e. The zero-order valence-corrected chi connectivity index (χ0v) is 12.8. The van der Waals surface area contributed by atoms with Crippen LogP contribution in [0.15, 0.2) is 30.3 Å². The standard InChI is InChI=1S/C15H20N2O2S/c1-15(2,3)17-14(19)16-9-11(18)13-8-10-6-4-5-7-12(10)20-13/h4-8,11,18H,9H2,1-3H3,(H2,16,17,19). The molecule has 0 aliphatic rings. The molecule has 4 nitrogen and oxygen atoms in total. The van der Waals surface area contributed by atoms with Gasteiger partial charge in [-0.1, -0.05) is 18.2 Å². The highest BCUT2D eigenvalue weighted by Crippen LogP contribution is 2.29. The molecular formula is C15H20N2O2S. The molecule has 20 heavy (non-hydrogen) atoms. The maximum atomic E-state index is 11.6. The van der Waals surface area contributed by atoms with Crippen molar-refractivity contribution in [1.82, 2.24) is 10.6 Å². The van der Waals surface area contributed by atoms with Crippen LogP contribution in [-0.2, 0) is 0 Å². The summed E-state index contributed by atoms with van der Waals surface area (Å²) >= 11 is 1.55. The molecule has 0 radical (unpaired) electrons. The SMILES string of the molecule is CC(C)(C)NC(=O)NCC(O)c1cc2ccccc2s1. The first-order valence-corrected chi connectivity index (χ1v) is 7.39. The van der Waals surface area contributed by atoms with Gasteiger partial charge in [0.1, 0.15) is 6.10 Å². The molecule has 1 unspecified atom stereocenters. The van der Waals surface area contributed by atoms with Crippen molar-refractivity contribution in [3.05, 3.63) is 35.2 Å². The lowest BCUT2D eigenvalue weighted by Crippen LogP contribution is -2.47. The first-order valence-electron chi connectivity index (χ1n) is 6.58. The first kappa shape index (κ1) is 14.8. The lowest BCUT2D eigenvalue weighted by Gasteiger charge is -2.21. The van der Waals surface area contributed by atoms with Crippen molar-refractivity contribution in [2.45, 2.75) is 32.4 Å². The van der Waals surface area contributed by atoms with E-state index in [4.69, 9.17) is 0 Å². The Morgan fingerprint density at radius 3 is 2.70 bits per heavy atom. The average molecular weight is 292 g/mol. The average Bonchev–Trinajstić information content (AvgIpc) is 2.77. The maximum Gasteiger partial charge on any atom is 0.315 e. The van der Waals surface area contributed by atoms with Crippen LogP contribution in [0.4, 0.5) is 4.79 Å². The highest BCUT2D eigenvalue weighted by molar-refractivity contribution is 7.19. The Bertz CT molecular complexity index is 568. The van der Waals surface area contributed by atoms with Gasteiger partial charge in [0, 0.05) is 15.1 Å². The van der Waals surface area contributed by atoms with Crippen LogP contribution in [0.5, 0.6) is 0 Å². The summed E-state index contributed by atoms with van der Waals surface area (Å²) in [6.45, 7) is 5.94. The van der Waals surface area contributed by atoms with Crippen molar-refractivity contribution in [1.29, 1.82) is 0 Å². The number of nitrogens with one attached hydrogen (secondary N) is 2. The number of hydrogen-bond donors (Lipinski definition) is 3. The van der Waals surface area contributed by atoms with Crippen LogP contribution in [0.25, 0.3) is 10.1 Å². The van der Waals surface area contributed by atoms with Gasteiger partial charge in [-0.2, -0.15) is 0 Å². The lowest BCUT2D eigenvalue weighted by molar-refractivity contribution is 0.175. The molecule has 0 saturated carbocycles. The summed E-state index contributed by atoms with van der Waals surface area (Å²) in [4.78, 5) is 12.5. The Balaban J connectivity index is 1.95. The van der Waals surface area contributed by atoms with E-state index in [1.807, 2.05) is 51.1 Å². The van der Waals surface area contributed by atoms with Crippen LogP contribution in [0, 0.1) is 0 Å². The monoisotopic (exact) mass is 292 g/mol. The van der Waals surface area contributed by atoms with E-state index in [1.54, 1.807) is 11.3 Å². The molecule has 1 heterocycles. The molecule has 2 rings (SSSR count).